The topological polar surface area (TPSA) is 137 Å². The summed E-state index contributed by atoms with van der Waals surface area (Å²) in [7, 11) is 0. The Morgan fingerprint density at radius 1 is 1.21 bits per heavy atom. The van der Waals surface area contributed by atoms with Crippen LogP contribution >= 0.6 is 11.3 Å². The van der Waals surface area contributed by atoms with Gasteiger partial charge in [0.1, 0.15) is 0 Å². The summed E-state index contributed by atoms with van der Waals surface area (Å²) in [5.74, 6) is -1.23. The number of nitrogens with one attached hydrogen (secondary N) is 1. The minimum absolute atomic E-state index is 0.0513. The van der Waals surface area contributed by atoms with Gasteiger partial charge in [-0.15, -0.1) is 11.3 Å². The Hall–Kier alpha value is -3.79. The summed E-state index contributed by atoms with van der Waals surface area (Å²) in [5, 5.41) is 15.3. The van der Waals surface area contributed by atoms with Crippen molar-refractivity contribution in [3.8, 4) is 11.3 Å². The lowest BCUT2D eigenvalue weighted by atomic mass is 10.1. The number of nitrogen functional groups attached to an aromatic ring is 1. The number of rotatable bonds is 6. The zero-order valence-electron chi connectivity index (χ0n) is 14.3. The van der Waals surface area contributed by atoms with Gasteiger partial charge in [-0.25, -0.2) is 9.78 Å². The van der Waals surface area contributed by atoms with Crippen LogP contribution in [-0.4, -0.2) is 28.4 Å². The SMILES string of the molecule is Nc1cccc(C(=O)OCC(=O)Nc2nc(-c3cccc([N+](=O)[O-])c3)cs2)c1. The zero-order valence-corrected chi connectivity index (χ0v) is 15.1. The van der Waals surface area contributed by atoms with Gasteiger partial charge in [-0.2, -0.15) is 0 Å². The lowest BCUT2D eigenvalue weighted by molar-refractivity contribution is -0.384. The molecule has 0 aliphatic carbocycles. The van der Waals surface area contributed by atoms with Gasteiger partial charge in [0.15, 0.2) is 11.7 Å². The van der Waals surface area contributed by atoms with Gasteiger partial charge in [0, 0.05) is 28.8 Å². The van der Waals surface area contributed by atoms with Crippen LogP contribution in [0.25, 0.3) is 11.3 Å². The number of anilines is 2. The van der Waals surface area contributed by atoms with Crippen molar-refractivity contribution in [2.45, 2.75) is 0 Å². The van der Waals surface area contributed by atoms with Crippen LogP contribution < -0.4 is 11.1 Å². The molecule has 0 aliphatic heterocycles. The van der Waals surface area contributed by atoms with Crippen molar-refractivity contribution in [2.75, 3.05) is 17.7 Å². The molecule has 0 bridgehead atoms. The van der Waals surface area contributed by atoms with Crippen LogP contribution in [0.4, 0.5) is 16.5 Å². The number of nitro groups is 1. The quantitative estimate of drug-likeness (QED) is 0.282. The Balaban J connectivity index is 1.59. The van der Waals surface area contributed by atoms with Gasteiger partial charge in [-0.1, -0.05) is 18.2 Å². The van der Waals surface area contributed by atoms with Crippen LogP contribution in [-0.2, 0) is 9.53 Å². The Labute approximate surface area is 162 Å². The molecule has 0 fully saturated rings. The highest BCUT2D eigenvalue weighted by atomic mass is 32.1. The Morgan fingerprint density at radius 2 is 2.00 bits per heavy atom. The maximum Gasteiger partial charge on any atom is 0.338 e. The molecule has 1 aromatic heterocycles. The second kappa shape index (κ2) is 8.27. The van der Waals surface area contributed by atoms with Gasteiger partial charge >= 0.3 is 5.97 Å². The van der Waals surface area contributed by atoms with Crippen LogP contribution in [0.5, 0.6) is 0 Å². The molecule has 0 radical (unpaired) electrons. The van der Waals surface area contributed by atoms with E-state index in [2.05, 4.69) is 10.3 Å². The maximum absolute atomic E-state index is 12.0. The molecule has 0 aliphatic rings. The second-order valence-electron chi connectivity index (χ2n) is 5.60. The summed E-state index contributed by atoms with van der Waals surface area (Å²) in [5.41, 5.74) is 7.25. The van der Waals surface area contributed by atoms with E-state index in [0.29, 0.717) is 16.9 Å². The minimum atomic E-state index is -0.668. The number of nitro benzene ring substituents is 1. The van der Waals surface area contributed by atoms with E-state index in [1.165, 1.54) is 24.3 Å². The number of thiazole rings is 1. The number of nitrogens with two attached hydrogens (primary N) is 1. The maximum atomic E-state index is 12.0. The number of carbonyl (C=O) groups excluding carboxylic acids is 2. The van der Waals surface area contributed by atoms with E-state index in [0.717, 1.165) is 11.3 Å². The molecule has 0 spiro atoms. The van der Waals surface area contributed by atoms with Crippen molar-refractivity contribution in [1.29, 1.82) is 0 Å². The molecule has 0 saturated carbocycles. The summed E-state index contributed by atoms with van der Waals surface area (Å²) >= 11 is 1.15. The second-order valence-corrected chi connectivity index (χ2v) is 6.45. The highest BCUT2D eigenvalue weighted by molar-refractivity contribution is 7.14. The van der Waals surface area contributed by atoms with Crippen molar-refractivity contribution in [1.82, 2.24) is 4.98 Å². The highest BCUT2D eigenvalue weighted by Crippen LogP contribution is 2.27. The molecule has 3 rings (SSSR count). The number of hydrogen-bond acceptors (Lipinski definition) is 8. The van der Waals surface area contributed by atoms with E-state index >= 15 is 0 Å². The fourth-order valence-electron chi connectivity index (χ4n) is 2.28. The number of aromatic nitrogens is 1. The van der Waals surface area contributed by atoms with Crippen molar-refractivity contribution < 1.29 is 19.2 Å². The fourth-order valence-corrected chi connectivity index (χ4v) is 3.01. The van der Waals surface area contributed by atoms with Crippen molar-refractivity contribution >= 4 is 39.7 Å². The molecule has 1 amide bonds. The Morgan fingerprint density at radius 3 is 2.75 bits per heavy atom. The van der Waals surface area contributed by atoms with E-state index in [-0.39, 0.29) is 16.4 Å². The standard InChI is InChI=1S/C18H14N4O5S/c19-13-5-1-4-12(7-13)17(24)27-9-16(23)21-18-20-15(10-28-18)11-3-2-6-14(8-11)22(25)26/h1-8,10H,9,19H2,(H,20,21,23). The van der Waals surface area contributed by atoms with E-state index in [1.807, 2.05) is 0 Å². The van der Waals surface area contributed by atoms with Crippen LogP contribution in [0.3, 0.4) is 0 Å². The number of amides is 1. The third-order valence-electron chi connectivity index (χ3n) is 3.56. The lowest BCUT2D eigenvalue weighted by Crippen LogP contribution is -2.20. The van der Waals surface area contributed by atoms with Gasteiger partial charge in [0.25, 0.3) is 11.6 Å². The van der Waals surface area contributed by atoms with Crippen LogP contribution in [0.2, 0.25) is 0 Å². The van der Waals surface area contributed by atoms with E-state index < -0.39 is 23.4 Å². The molecule has 0 unspecified atom stereocenters. The summed E-state index contributed by atoms with van der Waals surface area (Å²) in [6.45, 7) is -0.487. The number of non-ortho nitro benzene ring substituents is 1. The van der Waals surface area contributed by atoms with Crippen LogP contribution in [0.15, 0.2) is 53.9 Å². The molecule has 142 valence electrons. The predicted molar refractivity (Wildman–Crippen MR) is 104 cm³/mol. The van der Waals surface area contributed by atoms with Gasteiger partial charge < -0.3 is 10.5 Å². The molecular weight excluding hydrogens is 384 g/mol. The smallest absolute Gasteiger partial charge is 0.338 e. The number of hydrogen-bond donors (Lipinski definition) is 2. The van der Waals surface area contributed by atoms with Gasteiger partial charge in [-0.05, 0) is 18.2 Å². The molecule has 3 aromatic rings. The third-order valence-corrected chi connectivity index (χ3v) is 4.32. The van der Waals surface area contributed by atoms with Crippen LogP contribution in [0, 0.1) is 10.1 Å². The molecule has 10 heteroatoms. The average molecular weight is 398 g/mol. The van der Waals surface area contributed by atoms with E-state index in [1.54, 1.807) is 29.6 Å². The Kier molecular flexibility index (Phi) is 5.61. The van der Waals surface area contributed by atoms with Crippen LogP contribution in [0.1, 0.15) is 10.4 Å². The molecule has 0 saturated heterocycles. The lowest BCUT2D eigenvalue weighted by Gasteiger charge is -2.05. The Bertz CT molecular complexity index is 1050. The van der Waals surface area contributed by atoms with Crippen molar-refractivity contribution in [2.24, 2.45) is 0 Å². The molecule has 2 aromatic carbocycles. The molecule has 1 heterocycles. The molecule has 0 atom stereocenters. The van der Waals surface area contributed by atoms with E-state index in [9.17, 15) is 19.7 Å². The van der Waals surface area contributed by atoms with Gasteiger partial charge in [0.2, 0.25) is 0 Å². The summed E-state index contributed by atoms with van der Waals surface area (Å²) < 4.78 is 4.95. The number of benzene rings is 2. The number of carbonyl (C=O) groups is 2. The molecular formula is C18H14N4O5S. The number of ether oxygens (including phenoxy) is 1. The summed E-state index contributed by atoms with van der Waals surface area (Å²) in [6.07, 6.45) is 0. The van der Waals surface area contributed by atoms with Crippen molar-refractivity contribution in [3.63, 3.8) is 0 Å². The monoisotopic (exact) mass is 398 g/mol. The fraction of sp³-hybridized carbons (Fsp3) is 0.0556. The predicted octanol–water partition coefficient (Wildman–Crippen LogP) is 3.10. The first-order valence-corrected chi connectivity index (χ1v) is 8.83. The third kappa shape index (κ3) is 4.68. The first kappa shape index (κ1) is 19.0. The average Bonchev–Trinajstić information content (AvgIpc) is 3.14. The minimum Gasteiger partial charge on any atom is -0.452 e. The number of esters is 1. The summed E-state index contributed by atoms with van der Waals surface area (Å²) in [6, 6.07) is 12.2. The van der Waals surface area contributed by atoms with Gasteiger partial charge in [0.05, 0.1) is 16.2 Å². The zero-order chi connectivity index (χ0) is 20.1. The first-order valence-electron chi connectivity index (χ1n) is 7.95. The molecule has 3 N–H and O–H groups in total. The largest absolute Gasteiger partial charge is 0.452 e. The van der Waals surface area contributed by atoms with Crippen molar-refractivity contribution in [3.05, 3.63) is 69.6 Å². The molecule has 9 nitrogen and oxygen atoms in total. The van der Waals surface area contributed by atoms with E-state index in [4.69, 9.17) is 10.5 Å². The number of nitrogens with zero attached hydrogens (tertiary/aromatic N) is 2. The first-order chi connectivity index (χ1) is 13.4. The molecule has 28 heavy (non-hydrogen) atoms. The normalized spacial score (nSPS) is 10.3. The van der Waals surface area contributed by atoms with Gasteiger partial charge in [-0.3, -0.25) is 20.2 Å². The summed E-state index contributed by atoms with van der Waals surface area (Å²) in [4.78, 5) is 38.5. The highest BCUT2D eigenvalue weighted by Gasteiger charge is 2.13.